The summed E-state index contributed by atoms with van der Waals surface area (Å²) in [7, 11) is 0. The molecule has 0 radical (unpaired) electrons. The minimum atomic E-state index is -4.36. The second kappa shape index (κ2) is 5.96. The van der Waals surface area contributed by atoms with Crippen molar-refractivity contribution in [1.29, 1.82) is 0 Å². The van der Waals surface area contributed by atoms with E-state index in [2.05, 4.69) is 20.3 Å². The van der Waals surface area contributed by atoms with Crippen LogP contribution in [0, 0.1) is 0 Å². The fourth-order valence-corrected chi connectivity index (χ4v) is 1.58. The molecule has 7 heteroatoms. The molecule has 2 heterocycles. The highest BCUT2D eigenvalue weighted by molar-refractivity contribution is 5.17. The molecule has 0 unspecified atom stereocenters. The summed E-state index contributed by atoms with van der Waals surface area (Å²) in [5.41, 5.74) is -0.221. The maximum atomic E-state index is 12.4. The third-order valence-corrected chi connectivity index (χ3v) is 2.71. The van der Waals surface area contributed by atoms with Crippen molar-refractivity contribution in [3.05, 3.63) is 53.9 Å². The standard InChI is InChI=1S/C13H13F3N4/c1-9(12-17-5-2-6-18-12)19-8-11-4-3-10(7-20-11)13(14,15)16/h2-7,9,19H,8H2,1H3/t9-/m0/s1. The predicted molar refractivity (Wildman–Crippen MR) is 66.5 cm³/mol. The summed E-state index contributed by atoms with van der Waals surface area (Å²) < 4.78 is 37.1. The van der Waals surface area contributed by atoms with Crippen LogP contribution in [0.15, 0.2) is 36.8 Å². The number of hydrogen-bond acceptors (Lipinski definition) is 4. The number of halogens is 3. The van der Waals surface area contributed by atoms with E-state index in [-0.39, 0.29) is 6.04 Å². The molecular weight excluding hydrogens is 269 g/mol. The van der Waals surface area contributed by atoms with Gasteiger partial charge in [0.05, 0.1) is 17.3 Å². The van der Waals surface area contributed by atoms with Gasteiger partial charge in [-0.05, 0) is 25.1 Å². The monoisotopic (exact) mass is 282 g/mol. The van der Waals surface area contributed by atoms with Gasteiger partial charge in [-0.25, -0.2) is 9.97 Å². The summed E-state index contributed by atoms with van der Waals surface area (Å²) >= 11 is 0. The van der Waals surface area contributed by atoms with E-state index < -0.39 is 11.7 Å². The topological polar surface area (TPSA) is 50.7 Å². The van der Waals surface area contributed by atoms with Crippen molar-refractivity contribution in [2.45, 2.75) is 25.7 Å². The molecule has 106 valence electrons. The fourth-order valence-electron chi connectivity index (χ4n) is 1.58. The molecule has 0 fully saturated rings. The van der Waals surface area contributed by atoms with Gasteiger partial charge in [0.15, 0.2) is 0 Å². The van der Waals surface area contributed by atoms with Crippen molar-refractivity contribution in [2.24, 2.45) is 0 Å². The zero-order chi connectivity index (χ0) is 14.6. The predicted octanol–water partition coefficient (Wildman–Crippen LogP) is 2.74. The van der Waals surface area contributed by atoms with Gasteiger partial charge >= 0.3 is 6.18 Å². The second-order valence-electron chi connectivity index (χ2n) is 4.25. The maximum Gasteiger partial charge on any atom is 0.417 e. The van der Waals surface area contributed by atoms with E-state index in [0.717, 1.165) is 12.3 Å². The van der Waals surface area contributed by atoms with Gasteiger partial charge in [-0.3, -0.25) is 4.98 Å². The first-order chi connectivity index (χ1) is 9.47. The molecule has 0 bridgehead atoms. The van der Waals surface area contributed by atoms with E-state index in [1.165, 1.54) is 6.07 Å². The lowest BCUT2D eigenvalue weighted by Crippen LogP contribution is -2.20. The van der Waals surface area contributed by atoms with Crippen LogP contribution in [0.1, 0.15) is 30.0 Å². The van der Waals surface area contributed by atoms with Crippen LogP contribution in [0.5, 0.6) is 0 Å². The summed E-state index contributed by atoms with van der Waals surface area (Å²) in [6, 6.07) is 3.98. The molecule has 0 saturated carbocycles. The summed E-state index contributed by atoms with van der Waals surface area (Å²) in [6.45, 7) is 2.22. The molecule has 0 aliphatic heterocycles. The Hall–Kier alpha value is -2.02. The van der Waals surface area contributed by atoms with Gasteiger partial charge in [0.25, 0.3) is 0 Å². The highest BCUT2D eigenvalue weighted by Crippen LogP contribution is 2.28. The van der Waals surface area contributed by atoms with Gasteiger partial charge in [-0.15, -0.1) is 0 Å². The van der Waals surface area contributed by atoms with Crippen molar-refractivity contribution >= 4 is 0 Å². The van der Waals surface area contributed by atoms with E-state index in [1.807, 2.05) is 6.92 Å². The second-order valence-corrected chi connectivity index (χ2v) is 4.25. The van der Waals surface area contributed by atoms with Gasteiger partial charge in [-0.2, -0.15) is 13.2 Å². The summed E-state index contributed by atoms with van der Waals surface area (Å²) in [6.07, 6.45) is -0.251. The zero-order valence-electron chi connectivity index (χ0n) is 10.7. The largest absolute Gasteiger partial charge is 0.417 e. The third kappa shape index (κ3) is 3.74. The Labute approximate surface area is 114 Å². The Morgan fingerprint density at radius 2 is 1.85 bits per heavy atom. The average molecular weight is 282 g/mol. The van der Waals surface area contributed by atoms with Gasteiger partial charge < -0.3 is 5.32 Å². The minimum absolute atomic E-state index is 0.111. The number of hydrogen-bond donors (Lipinski definition) is 1. The van der Waals surface area contributed by atoms with Crippen LogP contribution in [-0.2, 0) is 12.7 Å². The highest BCUT2D eigenvalue weighted by atomic mass is 19.4. The molecule has 0 aliphatic rings. The molecule has 0 saturated heterocycles. The van der Waals surface area contributed by atoms with E-state index in [9.17, 15) is 13.2 Å². The fraction of sp³-hybridized carbons (Fsp3) is 0.308. The lowest BCUT2D eigenvalue weighted by atomic mass is 10.2. The molecule has 0 spiro atoms. The Bertz CT molecular complexity index is 540. The molecule has 2 rings (SSSR count). The smallest absolute Gasteiger partial charge is 0.302 e. The maximum absolute atomic E-state index is 12.4. The molecule has 20 heavy (non-hydrogen) atoms. The average Bonchev–Trinajstić information content (AvgIpc) is 2.45. The van der Waals surface area contributed by atoms with Crippen LogP contribution < -0.4 is 5.32 Å². The molecule has 0 aliphatic carbocycles. The molecule has 4 nitrogen and oxygen atoms in total. The number of rotatable bonds is 4. The quantitative estimate of drug-likeness (QED) is 0.936. The van der Waals surface area contributed by atoms with Crippen molar-refractivity contribution in [2.75, 3.05) is 0 Å². The Kier molecular flexibility index (Phi) is 4.29. The van der Waals surface area contributed by atoms with Gasteiger partial charge in [-0.1, -0.05) is 0 Å². The van der Waals surface area contributed by atoms with Crippen molar-refractivity contribution in [1.82, 2.24) is 20.3 Å². The highest BCUT2D eigenvalue weighted by Gasteiger charge is 2.30. The lowest BCUT2D eigenvalue weighted by Gasteiger charge is -2.12. The van der Waals surface area contributed by atoms with E-state index in [1.54, 1.807) is 18.5 Å². The first-order valence-corrected chi connectivity index (χ1v) is 5.99. The van der Waals surface area contributed by atoms with Crippen LogP contribution in [0.3, 0.4) is 0 Å². The Morgan fingerprint density at radius 3 is 2.40 bits per heavy atom. The summed E-state index contributed by atoms with van der Waals surface area (Å²) in [5, 5.41) is 3.10. The van der Waals surface area contributed by atoms with Crippen LogP contribution in [0.2, 0.25) is 0 Å². The van der Waals surface area contributed by atoms with E-state index in [0.29, 0.717) is 18.1 Å². The number of nitrogens with zero attached hydrogens (tertiary/aromatic N) is 3. The third-order valence-electron chi connectivity index (χ3n) is 2.71. The van der Waals surface area contributed by atoms with E-state index in [4.69, 9.17) is 0 Å². The summed E-state index contributed by atoms with van der Waals surface area (Å²) in [4.78, 5) is 12.0. The minimum Gasteiger partial charge on any atom is -0.302 e. The molecule has 2 aromatic rings. The molecular formula is C13H13F3N4. The van der Waals surface area contributed by atoms with Gasteiger partial charge in [0.1, 0.15) is 5.82 Å². The van der Waals surface area contributed by atoms with Crippen LogP contribution in [0.4, 0.5) is 13.2 Å². The molecule has 1 atom stereocenters. The number of aromatic nitrogens is 3. The number of pyridine rings is 1. The van der Waals surface area contributed by atoms with Crippen LogP contribution in [-0.4, -0.2) is 15.0 Å². The molecule has 2 aromatic heterocycles. The first-order valence-electron chi connectivity index (χ1n) is 5.99. The Balaban J connectivity index is 1.94. The molecule has 0 amide bonds. The van der Waals surface area contributed by atoms with Crippen molar-refractivity contribution < 1.29 is 13.2 Å². The SMILES string of the molecule is C[C@H](NCc1ccc(C(F)(F)F)cn1)c1ncccn1. The molecule has 1 N–H and O–H groups in total. The van der Waals surface area contributed by atoms with E-state index >= 15 is 0 Å². The van der Waals surface area contributed by atoms with Crippen LogP contribution in [0.25, 0.3) is 0 Å². The van der Waals surface area contributed by atoms with Crippen molar-refractivity contribution in [3.63, 3.8) is 0 Å². The lowest BCUT2D eigenvalue weighted by molar-refractivity contribution is -0.137. The normalized spacial score (nSPS) is 13.2. The summed E-state index contributed by atoms with van der Waals surface area (Å²) in [5.74, 6) is 0.624. The van der Waals surface area contributed by atoms with Crippen molar-refractivity contribution in [3.8, 4) is 0 Å². The number of alkyl halides is 3. The number of nitrogens with one attached hydrogen (secondary N) is 1. The van der Waals surface area contributed by atoms with Crippen LogP contribution >= 0.6 is 0 Å². The zero-order valence-corrected chi connectivity index (χ0v) is 10.7. The first kappa shape index (κ1) is 14.4. The molecule has 0 aromatic carbocycles. The Morgan fingerprint density at radius 1 is 1.15 bits per heavy atom. The van der Waals surface area contributed by atoms with Gasteiger partial charge in [0, 0.05) is 25.1 Å². The van der Waals surface area contributed by atoms with Gasteiger partial charge in [0.2, 0.25) is 0 Å².